The summed E-state index contributed by atoms with van der Waals surface area (Å²) < 4.78 is 42.7. The van der Waals surface area contributed by atoms with E-state index in [1.165, 1.54) is 26.3 Å². The lowest BCUT2D eigenvalue weighted by Crippen LogP contribution is -2.26. The van der Waals surface area contributed by atoms with Gasteiger partial charge in [0.25, 0.3) is 0 Å². The van der Waals surface area contributed by atoms with Crippen LogP contribution in [0.25, 0.3) is 0 Å². The number of para-hydroxylation sites is 1. The van der Waals surface area contributed by atoms with Crippen LogP contribution in [-0.2, 0) is 14.8 Å². The highest BCUT2D eigenvalue weighted by molar-refractivity contribution is 7.92. The Morgan fingerprint density at radius 1 is 1.09 bits per heavy atom. The van der Waals surface area contributed by atoms with Gasteiger partial charge in [0.1, 0.15) is 0 Å². The van der Waals surface area contributed by atoms with E-state index in [4.69, 9.17) is 14.2 Å². The molecule has 0 radical (unpaired) electrons. The molecule has 0 bridgehead atoms. The number of carbonyl (C=O) groups excluding carboxylic acids is 1. The van der Waals surface area contributed by atoms with E-state index in [0.29, 0.717) is 46.2 Å². The number of ether oxygens (including phenoxy) is 3. The fraction of sp³-hybridized carbons (Fsp3) is 0.364. The lowest BCUT2D eigenvalue weighted by molar-refractivity contribution is -0.132. The molecule has 32 heavy (non-hydrogen) atoms. The van der Waals surface area contributed by atoms with Gasteiger partial charge in [0, 0.05) is 24.0 Å². The third-order valence-corrected chi connectivity index (χ3v) is 5.69. The maximum atomic E-state index is 12.8. The van der Waals surface area contributed by atoms with Crippen molar-refractivity contribution in [3.8, 4) is 17.2 Å². The van der Waals surface area contributed by atoms with Gasteiger partial charge in [-0.15, -0.1) is 0 Å². The number of amides is 1. The third kappa shape index (κ3) is 4.64. The first-order chi connectivity index (χ1) is 15.2. The molecule has 0 saturated carbocycles. The van der Waals surface area contributed by atoms with Crippen LogP contribution in [0.15, 0.2) is 41.5 Å². The Hall–Kier alpha value is -3.27. The summed E-state index contributed by atoms with van der Waals surface area (Å²) in [6, 6.07) is 10.1. The highest BCUT2D eigenvalue weighted by atomic mass is 32.2. The van der Waals surface area contributed by atoms with Crippen molar-refractivity contribution in [3.05, 3.63) is 47.5 Å². The Balaban J connectivity index is 2.10. The fourth-order valence-electron chi connectivity index (χ4n) is 3.72. The minimum Gasteiger partial charge on any atom is -0.493 e. The number of carbonyl (C=O) groups is 1. The van der Waals surface area contributed by atoms with Crippen molar-refractivity contribution in [3.63, 3.8) is 0 Å². The van der Waals surface area contributed by atoms with Gasteiger partial charge >= 0.3 is 0 Å². The summed E-state index contributed by atoms with van der Waals surface area (Å²) in [4.78, 5) is 12.8. The van der Waals surface area contributed by atoms with Crippen LogP contribution in [0.2, 0.25) is 0 Å². The van der Waals surface area contributed by atoms with E-state index in [1.807, 2.05) is 6.07 Å². The average molecular weight is 462 g/mol. The molecule has 0 fully saturated rings. The van der Waals surface area contributed by atoms with E-state index in [9.17, 15) is 13.2 Å². The molecule has 9 nitrogen and oxygen atoms in total. The van der Waals surface area contributed by atoms with E-state index in [2.05, 4.69) is 9.82 Å². The number of methoxy groups -OCH3 is 3. The summed E-state index contributed by atoms with van der Waals surface area (Å²) in [6.45, 7) is 1.76. The maximum Gasteiger partial charge on any atom is 0.242 e. The van der Waals surface area contributed by atoms with Crippen molar-refractivity contribution in [2.45, 2.75) is 25.8 Å². The quantitative estimate of drug-likeness (QED) is 0.647. The monoisotopic (exact) mass is 461 g/mol. The number of benzene rings is 2. The van der Waals surface area contributed by atoms with Gasteiger partial charge in [0.05, 0.1) is 45.0 Å². The van der Waals surface area contributed by atoms with Crippen LogP contribution in [0, 0.1) is 0 Å². The van der Waals surface area contributed by atoms with Crippen molar-refractivity contribution < 1.29 is 27.4 Å². The van der Waals surface area contributed by atoms with Gasteiger partial charge in [0.15, 0.2) is 11.5 Å². The van der Waals surface area contributed by atoms with Gasteiger partial charge in [-0.2, -0.15) is 5.10 Å². The molecule has 0 unspecified atom stereocenters. The summed E-state index contributed by atoms with van der Waals surface area (Å²) >= 11 is 0. The van der Waals surface area contributed by atoms with Crippen LogP contribution >= 0.6 is 0 Å². The molecule has 1 amide bonds. The number of sulfonamides is 1. The van der Waals surface area contributed by atoms with Crippen molar-refractivity contribution in [2.24, 2.45) is 5.10 Å². The van der Waals surface area contributed by atoms with E-state index in [1.54, 1.807) is 37.3 Å². The first-order valence-electron chi connectivity index (χ1n) is 9.99. The lowest BCUT2D eigenvalue weighted by Gasteiger charge is -2.24. The van der Waals surface area contributed by atoms with Crippen molar-refractivity contribution in [1.29, 1.82) is 0 Å². The second-order valence-electron chi connectivity index (χ2n) is 7.20. The molecule has 2 aromatic carbocycles. The minimum atomic E-state index is -3.49. The van der Waals surface area contributed by atoms with Crippen LogP contribution in [0.5, 0.6) is 17.2 Å². The van der Waals surface area contributed by atoms with E-state index < -0.39 is 16.1 Å². The maximum absolute atomic E-state index is 12.8. The van der Waals surface area contributed by atoms with Crippen molar-refractivity contribution in [2.75, 3.05) is 32.3 Å². The van der Waals surface area contributed by atoms with Crippen LogP contribution in [-0.4, -0.2) is 52.6 Å². The zero-order valence-corrected chi connectivity index (χ0v) is 19.5. The highest BCUT2D eigenvalue weighted by Crippen LogP contribution is 2.46. The third-order valence-electron chi connectivity index (χ3n) is 5.10. The Bertz CT molecular complexity index is 1150. The molecular weight excluding hydrogens is 434 g/mol. The van der Waals surface area contributed by atoms with Crippen LogP contribution in [0.3, 0.4) is 0 Å². The van der Waals surface area contributed by atoms with E-state index in [-0.39, 0.29) is 12.3 Å². The van der Waals surface area contributed by atoms with Gasteiger partial charge in [-0.1, -0.05) is 25.1 Å². The second kappa shape index (κ2) is 9.47. The summed E-state index contributed by atoms with van der Waals surface area (Å²) in [5, 5.41) is 6.02. The summed E-state index contributed by atoms with van der Waals surface area (Å²) in [6.07, 6.45) is 1.70. The number of rotatable bonds is 8. The van der Waals surface area contributed by atoms with Gasteiger partial charge in [0.2, 0.25) is 21.7 Å². The molecule has 1 heterocycles. The summed E-state index contributed by atoms with van der Waals surface area (Å²) in [5.74, 6) is 1.20. The number of nitrogens with zero attached hydrogens (tertiary/aromatic N) is 2. The smallest absolute Gasteiger partial charge is 0.242 e. The standard InChI is InChI=1S/C22H27N3O6S/c1-6-20(26)25-18(15-11-12-19(29-2)22(31-4)21(15)30-3)13-17(23-25)14-9-7-8-10-16(14)24-32(5,27)28/h7-12,18,24H,6,13H2,1-5H3/t18-/m0/s1. The molecule has 0 spiro atoms. The first-order valence-corrected chi connectivity index (χ1v) is 11.9. The molecule has 172 valence electrons. The zero-order valence-electron chi connectivity index (χ0n) is 18.7. The Labute approximate surface area is 188 Å². The van der Waals surface area contributed by atoms with E-state index >= 15 is 0 Å². The second-order valence-corrected chi connectivity index (χ2v) is 8.95. The van der Waals surface area contributed by atoms with Gasteiger partial charge < -0.3 is 14.2 Å². The molecule has 3 rings (SSSR count). The first kappa shape index (κ1) is 23.4. The molecule has 1 atom stereocenters. The molecule has 0 saturated heterocycles. The van der Waals surface area contributed by atoms with Gasteiger partial charge in [-0.3, -0.25) is 9.52 Å². The highest BCUT2D eigenvalue weighted by Gasteiger charge is 2.36. The van der Waals surface area contributed by atoms with Crippen LogP contribution in [0.1, 0.15) is 36.9 Å². The van der Waals surface area contributed by atoms with Gasteiger partial charge in [-0.05, 0) is 18.2 Å². The predicted molar refractivity (Wildman–Crippen MR) is 122 cm³/mol. The minimum absolute atomic E-state index is 0.171. The molecule has 1 N–H and O–H groups in total. The predicted octanol–water partition coefficient (Wildman–Crippen LogP) is 3.17. The van der Waals surface area contributed by atoms with E-state index in [0.717, 1.165) is 6.26 Å². The molecule has 1 aliphatic heterocycles. The Kier molecular flexibility index (Phi) is 6.93. The number of hydrogen-bond acceptors (Lipinski definition) is 7. The lowest BCUT2D eigenvalue weighted by atomic mass is 9.96. The molecular formula is C22H27N3O6S. The fourth-order valence-corrected chi connectivity index (χ4v) is 4.30. The average Bonchev–Trinajstić information content (AvgIpc) is 3.21. The number of hydrazone groups is 1. The van der Waals surface area contributed by atoms with Crippen LogP contribution in [0.4, 0.5) is 5.69 Å². The van der Waals surface area contributed by atoms with Crippen LogP contribution < -0.4 is 18.9 Å². The molecule has 10 heteroatoms. The van der Waals surface area contributed by atoms with Crippen molar-refractivity contribution in [1.82, 2.24) is 5.01 Å². The normalized spacial score (nSPS) is 15.8. The Morgan fingerprint density at radius 2 is 1.78 bits per heavy atom. The van der Waals surface area contributed by atoms with Crippen molar-refractivity contribution >= 4 is 27.3 Å². The zero-order chi connectivity index (χ0) is 23.5. The topological polar surface area (TPSA) is 107 Å². The SMILES string of the molecule is CCC(=O)N1N=C(c2ccccc2NS(C)(=O)=O)C[C@H]1c1ccc(OC)c(OC)c1OC. The van der Waals surface area contributed by atoms with Gasteiger partial charge in [-0.25, -0.2) is 13.4 Å². The number of anilines is 1. The molecule has 2 aromatic rings. The summed E-state index contributed by atoms with van der Waals surface area (Å²) in [5.41, 5.74) is 2.30. The molecule has 0 aromatic heterocycles. The molecule has 1 aliphatic rings. The largest absolute Gasteiger partial charge is 0.493 e. The Morgan fingerprint density at radius 3 is 2.38 bits per heavy atom. The number of nitrogens with one attached hydrogen (secondary N) is 1. The number of hydrogen-bond donors (Lipinski definition) is 1. The molecule has 0 aliphatic carbocycles. The summed E-state index contributed by atoms with van der Waals surface area (Å²) in [7, 11) is 1.08.